The van der Waals surface area contributed by atoms with Gasteiger partial charge in [0.25, 0.3) is 0 Å². The van der Waals surface area contributed by atoms with E-state index in [1.54, 1.807) is 0 Å². The molecule has 1 heterocycles. The molecule has 100 valence electrons. The van der Waals surface area contributed by atoms with Crippen LogP contribution in [0.1, 0.15) is 5.56 Å². The lowest BCUT2D eigenvalue weighted by Gasteiger charge is -2.03. The van der Waals surface area contributed by atoms with Crippen molar-refractivity contribution in [3.63, 3.8) is 0 Å². The molecule has 0 aliphatic carbocycles. The molecule has 0 saturated carbocycles. The van der Waals surface area contributed by atoms with E-state index >= 15 is 0 Å². The zero-order valence-corrected chi connectivity index (χ0v) is 12.2. The highest BCUT2D eigenvalue weighted by Crippen LogP contribution is 2.31. The van der Waals surface area contributed by atoms with E-state index in [0.717, 1.165) is 22.0 Å². The molecule has 3 aromatic rings. The Hall–Kier alpha value is -2.06. The molecule has 0 atom stereocenters. The number of aromatic nitrogens is 2. The lowest BCUT2D eigenvalue weighted by Crippen LogP contribution is -1.94. The summed E-state index contributed by atoms with van der Waals surface area (Å²) in [4.78, 5) is 0. The number of halogens is 1. The van der Waals surface area contributed by atoms with Gasteiger partial charge in [0, 0.05) is 28.8 Å². The molecule has 0 amide bonds. The number of rotatable bonds is 2. The molecule has 0 bridgehead atoms. The lowest BCUT2D eigenvalue weighted by molar-refractivity contribution is 0.779. The summed E-state index contributed by atoms with van der Waals surface area (Å²) in [5.74, 6) is 0. The Bertz CT molecular complexity index is 728. The van der Waals surface area contributed by atoms with Crippen molar-refractivity contribution in [1.29, 1.82) is 0 Å². The van der Waals surface area contributed by atoms with Crippen LogP contribution in [0, 0.1) is 6.92 Å². The third-order valence-corrected chi connectivity index (χ3v) is 3.70. The zero-order valence-electron chi connectivity index (χ0n) is 11.5. The van der Waals surface area contributed by atoms with Gasteiger partial charge in [0.1, 0.15) is 0 Å². The zero-order chi connectivity index (χ0) is 14.1. The van der Waals surface area contributed by atoms with E-state index in [2.05, 4.69) is 24.2 Å². The van der Waals surface area contributed by atoms with Gasteiger partial charge in [-0.3, -0.25) is 4.68 Å². The highest BCUT2D eigenvalue weighted by molar-refractivity contribution is 6.30. The van der Waals surface area contributed by atoms with E-state index in [0.29, 0.717) is 0 Å². The van der Waals surface area contributed by atoms with Crippen LogP contribution in [0.4, 0.5) is 0 Å². The van der Waals surface area contributed by atoms with Crippen LogP contribution in [0.2, 0.25) is 5.02 Å². The summed E-state index contributed by atoms with van der Waals surface area (Å²) in [5.41, 5.74) is 5.60. The molecule has 0 N–H and O–H groups in total. The maximum Gasteiger partial charge on any atom is 0.0958 e. The summed E-state index contributed by atoms with van der Waals surface area (Å²) in [6.07, 6.45) is 0. The first-order chi connectivity index (χ1) is 9.66. The average Bonchev–Trinajstić information content (AvgIpc) is 2.76. The molecule has 0 unspecified atom stereocenters. The molecule has 3 heteroatoms. The molecule has 2 aromatic carbocycles. The van der Waals surface area contributed by atoms with Gasteiger partial charge in [-0.25, -0.2) is 0 Å². The summed E-state index contributed by atoms with van der Waals surface area (Å²) in [7, 11) is 1.98. The Kier molecular flexibility index (Phi) is 3.33. The maximum atomic E-state index is 5.95. The second kappa shape index (κ2) is 5.14. The van der Waals surface area contributed by atoms with E-state index in [9.17, 15) is 0 Å². The first-order valence-corrected chi connectivity index (χ1v) is 6.89. The molecule has 0 spiro atoms. The summed E-state index contributed by atoms with van der Waals surface area (Å²) >= 11 is 5.95. The minimum atomic E-state index is 0.741. The van der Waals surface area contributed by atoms with Crippen LogP contribution >= 0.6 is 11.6 Å². The van der Waals surface area contributed by atoms with E-state index in [-0.39, 0.29) is 0 Å². The predicted molar refractivity (Wildman–Crippen MR) is 83.8 cm³/mol. The summed E-state index contributed by atoms with van der Waals surface area (Å²) < 4.78 is 1.94. The van der Waals surface area contributed by atoms with Gasteiger partial charge in [0.05, 0.1) is 11.4 Å². The minimum absolute atomic E-state index is 0.741. The second-order valence-corrected chi connectivity index (χ2v) is 5.26. The van der Waals surface area contributed by atoms with Crippen LogP contribution in [-0.2, 0) is 7.05 Å². The van der Waals surface area contributed by atoms with Crippen LogP contribution in [0.15, 0.2) is 54.6 Å². The van der Waals surface area contributed by atoms with Gasteiger partial charge < -0.3 is 0 Å². The number of aryl methyl sites for hydroxylation is 1. The van der Waals surface area contributed by atoms with Crippen molar-refractivity contribution in [2.75, 3.05) is 0 Å². The summed E-state index contributed by atoms with van der Waals surface area (Å²) in [6, 6.07) is 18.1. The molecular weight excluding hydrogens is 268 g/mol. The van der Waals surface area contributed by atoms with Gasteiger partial charge in [0.15, 0.2) is 0 Å². The van der Waals surface area contributed by atoms with E-state index < -0.39 is 0 Å². The van der Waals surface area contributed by atoms with Crippen molar-refractivity contribution in [3.8, 4) is 22.5 Å². The molecule has 0 aliphatic rings. The Morgan fingerprint density at radius 3 is 2.20 bits per heavy atom. The van der Waals surface area contributed by atoms with Crippen molar-refractivity contribution in [2.24, 2.45) is 7.05 Å². The summed E-state index contributed by atoms with van der Waals surface area (Å²) in [6.45, 7) is 2.11. The van der Waals surface area contributed by atoms with E-state index in [1.807, 2.05) is 54.2 Å². The Morgan fingerprint density at radius 2 is 1.55 bits per heavy atom. The van der Waals surface area contributed by atoms with Gasteiger partial charge in [-0.1, -0.05) is 54.1 Å². The molecule has 0 aliphatic heterocycles. The van der Waals surface area contributed by atoms with Crippen LogP contribution < -0.4 is 0 Å². The topological polar surface area (TPSA) is 17.8 Å². The Balaban J connectivity index is 2.14. The van der Waals surface area contributed by atoms with Crippen LogP contribution in [0.5, 0.6) is 0 Å². The van der Waals surface area contributed by atoms with Gasteiger partial charge in [0.2, 0.25) is 0 Å². The molecule has 0 saturated heterocycles. The van der Waals surface area contributed by atoms with Crippen LogP contribution in [0.3, 0.4) is 0 Å². The number of benzene rings is 2. The molecule has 2 nitrogen and oxygen atoms in total. The van der Waals surface area contributed by atoms with E-state index in [4.69, 9.17) is 11.6 Å². The highest BCUT2D eigenvalue weighted by atomic mass is 35.5. The highest BCUT2D eigenvalue weighted by Gasteiger charge is 2.14. The van der Waals surface area contributed by atoms with Crippen LogP contribution in [0.25, 0.3) is 22.5 Å². The summed E-state index contributed by atoms with van der Waals surface area (Å²) in [5, 5.41) is 5.40. The molecule has 3 rings (SSSR count). The van der Waals surface area contributed by atoms with Crippen molar-refractivity contribution in [3.05, 3.63) is 65.2 Å². The molecule has 20 heavy (non-hydrogen) atoms. The fourth-order valence-corrected chi connectivity index (χ4v) is 2.64. The average molecular weight is 283 g/mol. The maximum absolute atomic E-state index is 5.95. The number of hydrogen-bond acceptors (Lipinski definition) is 1. The van der Waals surface area contributed by atoms with Gasteiger partial charge in [-0.05, 0) is 19.1 Å². The third-order valence-electron chi connectivity index (χ3n) is 3.45. The monoisotopic (exact) mass is 282 g/mol. The molecule has 1 aromatic heterocycles. The quantitative estimate of drug-likeness (QED) is 0.665. The van der Waals surface area contributed by atoms with Gasteiger partial charge in [-0.15, -0.1) is 0 Å². The number of hydrogen-bond donors (Lipinski definition) is 0. The van der Waals surface area contributed by atoms with E-state index in [1.165, 1.54) is 11.1 Å². The third kappa shape index (κ3) is 2.23. The predicted octanol–water partition coefficient (Wildman–Crippen LogP) is 4.72. The standard InChI is InChI=1S/C17H15ClN2/c1-12-16(13-8-10-15(18)11-9-13)19-20(2)17(12)14-6-4-3-5-7-14/h3-11H,1-2H3. The first kappa shape index (κ1) is 12.9. The minimum Gasteiger partial charge on any atom is -0.267 e. The van der Waals surface area contributed by atoms with Gasteiger partial charge >= 0.3 is 0 Å². The Morgan fingerprint density at radius 1 is 0.900 bits per heavy atom. The van der Waals surface area contributed by atoms with Crippen molar-refractivity contribution >= 4 is 11.6 Å². The largest absolute Gasteiger partial charge is 0.267 e. The first-order valence-electron chi connectivity index (χ1n) is 6.52. The fraction of sp³-hybridized carbons (Fsp3) is 0.118. The Labute approximate surface area is 123 Å². The fourth-order valence-electron chi connectivity index (χ4n) is 2.51. The smallest absolute Gasteiger partial charge is 0.0958 e. The lowest BCUT2D eigenvalue weighted by atomic mass is 10.0. The van der Waals surface area contributed by atoms with Crippen molar-refractivity contribution in [1.82, 2.24) is 9.78 Å². The van der Waals surface area contributed by atoms with Crippen molar-refractivity contribution < 1.29 is 0 Å². The van der Waals surface area contributed by atoms with Gasteiger partial charge in [-0.2, -0.15) is 5.10 Å². The normalized spacial score (nSPS) is 10.8. The molecule has 0 fully saturated rings. The van der Waals surface area contributed by atoms with Crippen LogP contribution in [-0.4, -0.2) is 9.78 Å². The molecule has 0 radical (unpaired) electrons. The number of nitrogens with zero attached hydrogens (tertiary/aromatic N) is 2. The van der Waals surface area contributed by atoms with Crippen molar-refractivity contribution in [2.45, 2.75) is 6.92 Å². The molecular formula is C17H15ClN2. The SMILES string of the molecule is Cc1c(-c2ccc(Cl)cc2)nn(C)c1-c1ccccc1. The second-order valence-electron chi connectivity index (χ2n) is 4.82.